The molecule has 0 heterocycles. The van der Waals surface area contributed by atoms with Crippen LogP contribution in [0.4, 0.5) is 0 Å². The van der Waals surface area contributed by atoms with Gasteiger partial charge in [0.2, 0.25) is 0 Å². The lowest BCUT2D eigenvalue weighted by molar-refractivity contribution is -0.161. The van der Waals surface area contributed by atoms with Crippen LogP contribution in [0.2, 0.25) is 0 Å². The summed E-state index contributed by atoms with van der Waals surface area (Å²) in [5.41, 5.74) is 5.35. The molecule has 0 amide bonds. The van der Waals surface area contributed by atoms with Crippen LogP contribution in [0.1, 0.15) is 194 Å². The molecule has 0 aliphatic rings. The number of hydrogen-bond acceptors (Lipinski definition) is 8. The Labute approximate surface area is 409 Å². The number of unbranched alkanes of at least 4 members (excludes halogenated alkanes) is 14. The predicted octanol–water partition coefficient (Wildman–Crippen LogP) is 16.1. The van der Waals surface area contributed by atoms with Crippen molar-refractivity contribution >= 4 is 19.8 Å². The molecule has 0 spiro atoms. The molecule has 0 rings (SSSR count). The second-order valence-corrected chi connectivity index (χ2v) is 18.1. The summed E-state index contributed by atoms with van der Waals surface area (Å²) in [6.07, 6.45) is 71.1. The third-order valence-corrected chi connectivity index (χ3v) is 11.3. The Morgan fingerprint density at radius 3 is 1.22 bits per heavy atom. The zero-order valence-corrected chi connectivity index (χ0v) is 43.0. The maximum absolute atomic E-state index is 12.6. The second kappa shape index (κ2) is 51.8. The van der Waals surface area contributed by atoms with Gasteiger partial charge < -0.3 is 20.1 Å². The van der Waals surface area contributed by atoms with Crippen LogP contribution in [0.15, 0.2) is 122 Å². The molecule has 0 saturated heterocycles. The monoisotopic (exact) mass is 952 g/mol. The highest BCUT2D eigenvalue weighted by atomic mass is 31.2. The molecule has 0 aliphatic carbocycles. The summed E-state index contributed by atoms with van der Waals surface area (Å²) in [5, 5.41) is 0. The number of phosphoric ester groups is 1. The summed E-state index contributed by atoms with van der Waals surface area (Å²) in [5.74, 6) is -0.866. The van der Waals surface area contributed by atoms with Gasteiger partial charge in [0, 0.05) is 19.4 Å². The van der Waals surface area contributed by atoms with Crippen molar-refractivity contribution < 1.29 is 37.6 Å². The fraction of sp³-hybridized carbons (Fsp3) is 0.614. The first-order valence-corrected chi connectivity index (χ1v) is 27.5. The minimum absolute atomic E-state index is 0.0435. The normalized spacial score (nSPS) is 14.1. The molecule has 2 atom stereocenters. The van der Waals surface area contributed by atoms with Crippen LogP contribution < -0.4 is 5.73 Å². The molecule has 3 N–H and O–H groups in total. The molecule has 0 saturated carbocycles. The van der Waals surface area contributed by atoms with Crippen LogP contribution in [-0.2, 0) is 32.7 Å². The number of carbonyl (C=O) groups is 2. The zero-order chi connectivity index (χ0) is 48.8. The van der Waals surface area contributed by atoms with Crippen molar-refractivity contribution in [3.8, 4) is 0 Å². The molecular formula is C57H94NO8P. The van der Waals surface area contributed by atoms with Gasteiger partial charge in [0.1, 0.15) is 6.61 Å². The van der Waals surface area contributed by atoms with Crippen LogP contribution in [0.5, 0.6) is 0 Å². The van der Waals surface area contributed by atoms with Crippen molar-refractivity contribution in [1.29, 1.82) is 0 Å². The number of nitrogens with two attached hydrogens (primary N) is 1. The Hall–Kier alpha value is -3.59. The SMILES string of the molecule is CC/C=C\C/C=C\C/C=C\C/C=C\C/C=C\C/C=C\C/C=C\C/C=C\C/C=C\C/C=C\CCCCCCC(=O)OC(COC(=O)CCCCCCCCCCCCC)COP(=O)(O)OCCN. The van der Waals surface area contributed by atoms with E-state index in [0.717, 1.165) is 109 Å². The van der Waals surface area contributed by atoms with Gasteiger partial charge >= 0.3 is 19.8 Å². The van der Waals surface area contributed by atoms with Crippen molar-refractivity contribution in [2.75, 3.05) is 26.4 Å². The molecule has 380 valence electrons. The highest BCUT2D eigenvalue weighted by molar-refractivity contribution is 7.47. The number of hydrogen-bond donors (Lipinski definition) is 2. The van der Waals surface area contributed by atoms with Gasteiger partial charge in [-0.15, -0.1) is 0 Å². The molecule has 2 unspecified atom stereocenters. The number of ether oxygens (including phenoxy) is 2. The number of esters is 2. The minimum Gasteiger partial charge on any atom is -0.462 e. The maximum atomic E-state index is 12.6. The second-order valence-electron chi connectivity index (χ2n) is 16.7. The van der Waals surface area contributed by atoms with Crippen LogP contribution in [-0.4, -0.2) is 49.3 Å². The summed E-state index contributed by atoms with van der Waals surface area (Å²) >= 11 is 0. The molecule has 0 aromatic carbocycles. The average Bonchev–Trinajstić information content (AvgIpc) is 3.32. The summed E-state index contributed by atoms with van der Waals surface area (Å²) < 4.78 is 32.8. The molecule has 0 aromatic heterocycles. The number of phosphoric acid groups is 1. The van der Waals surface area contributed by atoms with E-state index in [9.17, 15) is 19.0 Å². The van der Waals surface area contributed by atoms with Gasteiger partial charge in [0.15, 0.2) is 6.10 Å². The first kappa shape index (κ1) is 63.4. The van der Waals surface area contributed by atoms with E-state index in [2.05, 4.69) is 135 Å². The largest absolute Gasteiger partial charge is 0.472 e. The van der Waals surface area contributed by atoms with Gasteiger partial charge in [-0.2, -0.15) is 0 Å². The van der Waals surface area contributed by atoms with Gasteiger partial charge in [-0.3, -0.25) is 18.6 Å². The Kier molecular flexibility index (Phi) is 49.0. The highest BCUT2D eigenvalue weighted by Gasteiger charge is 2.26. The molecular weight excluding hydrogens is 858 g/mol. The van der Waals surface area contributed by atoms with Crippen LogP contribution in [0.3, 0.4) is 0 Å². The molecule has 10 heteroatoms. The molecule has 9 nitrogen and oxygen atoms in total. The quantitative estimate of drug-likeness (QED) is 0.0265. The number of rotatable bonds is 47. The Morgan fingerprint density at radius 1 is 0.463 bits per heavy atom. The standard InChI is InChI=1S/C57H94NO8P/c1-3-5-7-9-11-13-15-16-17-18-19-20-21-22-23-24-25-26-27-28-29-30-31-32-33-34-35-36-37-38-40-42-44-46-48-50-57(60)66-55(54-65-67(61,62)64-52-51-58)53-63-56(59)49-47-45-43-41-39-14-12-10-8-6-4-2/h5,7,11,13,16-17,19-20,22-23,25-26,28-29,31-32,34-35,37-38,55H,3-4,6,8-10,12,14-15,18,21,24,27,30,33,36,39-54,58H2,1-2H3,(H,61,62)/b7-5-,13-11-,17-16-,20-19-,23-22-,26-25-,29-28-,32-31-,35-34-,38-37-. The third-order valence-electron chi connectivity index (χ3n) is 10.4. The molecule has 67 heavy (non-hydrogen) atoms. The minimum atomic E-state index is -4.39. The van der Waals surface area contributed by atoms with Crippen LogP contribution >= 0.6 is 7.82 Å². The molecule has 0 fully saturated rings. The highest BCUT2D eigenvalue weighted by Crippen LogP contribution is 2.43. The van der Waals surface area contributed by atoms with Crippen LogP contribution in [0, 0.1) is 0 Å². The summed E-state index contributed by atoms with van der Waals surface area (Å²) in [4.78, 5) is 34.9. The topological polar surface area (TPSA) is 134 Å². The van der Waals surface area contributed by atoms with E-state index in [1.807, 2.05) is 0 Å². The van der Waals surface area contributed by atoms with Crippen molar-refractivity contribution in [3.05, 3.63) is 122 Å². The van der Waals surface area contributed by atoms with Crippen molar-refractivity contribution in [2.24, 2.45) is 5.73 Å². The van der Waals surface area contributed by atoms with Crippen LogP contribution in [0.25, 0.3) is 0 Å². The van der Waals surface area contributed by atoms with E-state index in [4.69, 9.17) is 24.3 Å². The van der Waals surface area contributed by atoms with Crippen molar-refractivity contribution in [2.45, 2.75) is 200 Å². The fourth-order valence-corrected chi connectivity index (χ4v) is 7.31. The van der Waals surface area contributed by atoms with Gasteiger partial charge in [0.05, 0.1) is 13.2 Å². The smallest absolute Gasteiger partial charge is 0.462 e. The van der Waals surface area contributed by atoms with Gasteiger partial charge in [-0.05, 0) is 89.9 Å². The fourth-order valence-electron chi connectivity index (χ4n) is 6.54. The van der Waals surface area contributed by atoms with E-state index < -0.39 is 32.5 Å². The van der Waals surface area contributed by atoms with E-state index >= 15 is 0 Å². The zero-order valence-electron chi connectivity index (χ0n) is 42.1. The Bertz CT molecular complexity index is 1500. The van der Waals surface area contributed by atoms with Gasteiger partial charge in [-0.25, -0.2) is 4.57 Å². The Morgan fingerprint density at radius 2 is 0.821 bits per heavy atom. The van der Waals surface area contributed by atoms with Gasteiger partial charge in [0.25, 0.3) is 0 Å². The van der Waals surface area contributed by atoms with Crippen molar-refractivity contribution in [3.63, 3.8) is 0 Å². The summed E-state index contributed by atoms with van der Waals surface area (Å²) in [7, 11) is -4.39. The molecule has 0 radical (unpaired) electrons. The molecule has 0 bridgehead atoms. The van der Waals surface area contributed by atoms with E-state index in [-0.39, 0.29) is 32.6 Å². The lowest BCUT2D eigenvalue weighted by Crippen LogP contribution is -2.29. The third kappa shape index (κ3) is 51.6. The average molecular weight is 952 g/mol. The van der Waals surface area contributed by atoms with E-state index in [0.29, 0.717) is 6.42 Å². The maximum Gasteiger partial charge on any atom is 0.472 e. The first-order chi connectivity index (χ1) is 32.8. The van der Waals surface area contributed by atoms with E-state index in [1.54, 1.807) is 0 Å². The lowest BCUT2D eigenvalue weighted by atomic mass is 10.1. The number of allylic oxidation sites excluding steroid dienone is 20. The Balaban J connectivity index is 4.08. The lowest BCUT2D eigenvalue weighted by Gasteiger charge is -2.19. The molecule has 0 aliphatic heterocycles. The summed E-state index contributed by atoms with van der Waals surface area (Å²) in [6.45, 7) is 3.56. The molecule has 0 aromatic rings. The first-order valence-electron chi connectivity index (χ1n) is 26.0. The van der Waals surface area contributed by atoms with E-state index in [1.165, 1.54) is 51.4 Å². The van der Waals surface area contributed by atoms with Gasteiger partial charge in [-0.1, -0.05) is 212 Å². The predicted molar refractivity (Wildman–Crippen MR) is 284 cm³/mol. The van der Waals surface area contributed by atoms with Crippen molar-refractivity contribution in [1.82, 2.24) is 0 Å². The summed E-state index contributed by atoms with van der Waals surface area (Å²) in [6, 6.07) is 0. The number of carbonyl (C=O) groups excluding carboxylic acids is 2.